The maximum atomic E-state index is 12.8. The van der Waals surface area contributed by atoms with E-state index in [2.05, 4.69) is 27.7 Å². The van der Waals surface area contributed by atoms with E-state index in [4.69, 9.17) is 14.2 Å². The van der Waals surface area contributed by atoms with Gasteiger partial charge in [0.15, 0.2) is 0 Å². The van der Waals surface area contributed by atoms with Gasteiger partial charge in [-0.3, -0.25) is 4.79 Å². The topological polar surface area (TPSA) is 61.8 Å². The van der Waals surface area contributed by atoms with E-state index in [-0.39, 0.29) is 18.0 Å². The molecule has 5 nitrogen and oxygen atoms in total. The minimum absolute atomic E-state index is 0.0494. The Morgan fingerprint density at radius 2 is 1.76 bits per heavy atom. The zero-order chi connectivity index (χ0) is 28.9. The zero-order valence-electron chi connectivity index (χ0n) is 25.8. The van der Waals surface area contributed by atoms with Crippen LogP contribution in [0.3, 0.4) is 0 Å². The summed E-state index contributed by atoms with van der Waals surface area (Å²) in [5.41, 5.74) is 2.84. The summed E-state index contributed by atoms with van der Waals surface area (Å²) in [6, 6.07) is 9.45. The van der Waals surface area contributed by atoms with E-state index in [1.54, 1.807) is 0 Å². The van der Waals surface area contributed by atoms with Crippen molar-refractivity contribution >= 4 is 11.9 Å². The summed E-state index contributed by atoms with van der Waals surface area (Å²) in [5, 5.41) is 0. The fraction of sp³-hybridized carbons (Fsp3) is 0.722. The van der Waals surface area contributed by atoms with Crippen molar-refractivity contribution in [3.05, 3.63) is 47.2 Å². The molecular weight excluding hydrogens is 512 g/mol. The van der Waals surface area contributed by atoms with E-state index < -0.39 is 0 Å². The van der Waals surface area contributed by atoms with E-state index in [0.29, 0.717) is 46.9 Å². The zero-order valence-corrected chi connectivity index (χ0v) is 25.8. The van der Waals surface area contributed by atoms with Crippen LogP contribution in [0.5, 0.6) is 0 Å². The average Bonchev–Trinajstić information content (AvgIpc) is 3.44. The summed E-state index contributed by atoms with van der Waals surface area (Å²) >= 11 is 0. The Morgan fingerprint density at radius 1 is 1.00 bits per heavy atom. The Kier molecular flexibility index (Phi) is 7.78. The minimum atomic E-state index is -0.198. The Hall–Kier alpha value is -2.30. The van der Waals surface area contributed by atoms with Gasteiger partial charge < -0.3 is 14.2 Å². The second-order valence-corrected chi connectivity index (χ2v) is 14.8. The van der Waals surface area contributed by atoms with E-state index in [0.717, 1.165) is 43.4 Å². The maximum absolute atomic E-state index is 12.8. The summed E-state index contributed by atoms with van der Waals surface area (Å²) < 4.78 is 18.0. The lowest BCUT2D eigenvalue weighted by atomic mass is 9.44. The molecule has 224 valence electrons. The van der Waals surface area contributed by atoms with Crippen LogP contribution in [0.25, 0.3) is 0 Å². The number of hydrogen-bond acceptors (Lipinski definition) is 5. The monoisotopic (exact) mass is 562 g/mol. The fourth-order valence-electron chi connectivity index (χ4n) is 10.4. The van der Waals surface area contributed by atoms with Gasteiger partial charge in [-0.05, 0) is 123 Å². The lowest BCUT2D eigenvalue weighted by Crippen LogP contribution is -2.54. The Balaban J connectivity index is 1.10. The maximum Gasteiger partial charge on any atom is 0.338 e. The predicted molar refractivity (Wildman–Crippen MR) is 159 cm³/mol. The molecule has 0 radical (unpaired) electrons. The summed E-state index contributed by atoms with van der Waals surface area (Å²) in [5.74, 6) is 4.69. The van der Waals surface area contributed by atoms with Crippen molar-refractivity contribution in [1.82, 2.24) is 0 Å². The molecule has 1 aromatic rings. The van der Waals surface area contributed by atoms with Gasteiger partial charge in [0, 0.05) is 19.3 Å². The van der Waals surface area contributed by atoms with Gasteiger partial charge in [0.1, 0.15) is 12.2 Å². The fourth-order valence-corrected chi connectivity index (χ4v) is 10.4. The molecule has 1 heterocycles. The molecule has 5 aliphatic rings. The molecule has 4 fully saturated rings. The second kappa shape index (κ2) is 11.1. The van der Waals surface area contributed by atoms with Crippen LogP contribution in [0.1, 0.15) is 109 Å². The number of allylic oxidation sites excluding steroid dienone is 1. The molecule has 0 aromatic heterocycles. The lowest BCUT2D eigenvalue weighted by molar-refractivity contribution is -0.142. The molecule has 0 amide bonds. The van der Waals surface area contributed by atoms with Crippen molar-refractivity contribution in [1.29, 1.82) is 0 Å². The van der Waals surface area contributed by atoms with E-state index in [9.17, 15) is 9.59 Å². The molecule has 4 saturated carbocycles. The number of hydrogen-bond donors (Lipinski definition) is 0. The van der Waals surface area contributed by atoms with Gasteiger partial charge in [0.25, 0.3) is 0 Å². The molecule has 0 saturated heterocycles. The summed E-state index contributed by atoms with van der Waals surface area (Å²) in [7, 11) is 0. The van der Waals surface area contributed by atoms with Crippen LogP contribution in [0.2, 0.25) is 0 Å². The molecule has 6 rings (SSSR count). The molecule has 1 aromatic carbocycles. The van der Waals surface area contributed by atoms with E-state index in [1.807, 2.05) is 30.3 Å². The number of benzene rings is 1. The normalized spacial score (nSPS) is 40.0. The van der Waals surface area contributed by atoms with Crippen molar-refractivity contribution in [2.45, 2.75) is 111 Å². The van der Waals surface area contributed by atoms with Gasteiger partial charge in [0.05, 0.1) is 17.9 Å². The van der Waals surface area contributed by atoms with E-state index >= 15 is 0 Å². The third kappa shape index (κ3) is 5.14. The van der Waals surface area contributed by atoms with Crippen LogP contribution in [-0.2, 0) is 19.0 Å². The average molecular weight is 563 g/mol. The number of esters is 2. The summed E-state index contributed by atoms with van der Waals surface area (Å²) in [4.78, 5) is 23.9. The molecule has 0 bridgehead atoms. The van der Waals surface area contributed by atoms with Crippen molar-refractivity contribution in [3.8, 4) is 0 Å². The van der Waals surface area contributed by atoms with Crippen LogP contribution in [0, 0.1) is 46.3 Å². The van der Waals surface area contributed by atoms with Crippen LogP contribution in [0.15, 0.2) is 41.7 Å². The van der Waals surface area contributed by atoms with Gasteiger partial charge in [-0.25, -0.2) is 4.79 Å². The highest BCUT2D eigenvalue weighted by molar-refractivity contribution is 5.89. The van der Waals surface area contributed by atoms with Crippen LogP contribution in [-0.4, -0.2) is 30.8 Å². The Morgan fingerprint density at radius 3 is 2.51 bits per heavy atom. The van der Waals surface area contributed by atoms with Crippen LogP contribution >= 0.6 is 0 Å². The molecule has 0 unspecified atom stereocenters. The first kappa shape index (κ1) is 28.8. The summed E-state index contributed by atoms with van der Waals surface area (Å²) in [6.07, 6.45) is 11.9. The smallest absolute Gasteiger partial charge is 0.338 e. The highest BCUT2D eigenvalue weighted by Gasteiger charge is 2.64. The minimum Gasteiger partial charge on any atom is -0.494 e. The molecule has 10 atom stereocenters. The van der Waals surface area contributed by atoms with Gasteiger partial charge in [-0.1, -0.05) is 39.0 Å². The third-order valence-electron chi connectivity index (χ3n) is 12.5. The number of carbonyl (C=O) groups is 2. The number of fused-ring (bicyclic) bond motifs is 7. The lowest BCUT2D eigenvalue weighted by Gasteiger charge is -2.61. The van der Waals surface area contributed by atoms with Crippen molar-refractivity contribution < 1.29 is 23.8 Å². The largest absolute Gasteiger partial charge is 0.494 e. The molecular formula is C36H50O5. The molecule has 1 aliphatic heterocycles. The predicted octanol–water partition coefficient (Wildman–Crippen LogP) is 8.13. The van der Waals surface area contributed by atoms with Gasteiger partial charge in [-0.15, -0.1) is 0 Å². The highest BCUT2D eigenvalue weighted by Crippen LogP contribution is 2.69. The number of ether oxygens (including phenoxy) is 3. The first-order valence-electron chi connectivity index (χ1n) is 16.4. The molecule has 4 aliphatic carbocycles. The van der Waals surface area contributed by atoms with Crippen molar-refractivity contribution in [3.63, 3.8) is 0 Å². The third-order valence-corrected chi connectivity index (χ3v) is 12.5. The van der Waals surface area contributed by atoms with E-state index in [1.165, 1.54) is 56.8 Å². The second-order valence-electron chi connectivity index (χ2n) is 14.8. The van der Waals surface area contributed by atoms with Gasteiger partial charge >= 0.3 is 11.9 Å². The molecule has 0 spiro atoms. The standard InChI is InChI=1S/C36H50O5/c1-22(21-39-24(3)37)11-14-31-23(2)33-32(41-31)20-30-28-13-12-26-19-27(40-34(38)25-9-7-6-8-10-25)15-17-35(26,4)29(28)16-18-36(30,33)5/h6-10,22,26-30,32-33H,11-21H2,1-5H3/t22-,26+,27-,28-,29+,30+,32+,33+,35+,36+/m1/s1. The molecule has 41 heavy (non-hydrogen) atoms. The van der Waals surface area contributed by atoms with Crippen LogP contribution in [0.4, 0.5) is 0 Å². The van der Waals surface area contributed by atoms with Crippen molar-refractivity contribution in [2.75, 3.05) is 6.61 Å². The van der Waals surface area contributed by atoms with Gasteiger partial charge in [0.2, 0.25) is 0 Å². The Labute approximate surface area is 246 Å². The number of rotatable bonds is 7. The Bertz CT molecular complexity index is 1170. The van der Waals surface area contributed by atoms with Crippen molar-refractivity contribution in [2.24, 2.45) is 46.3 Å². The van der Waals surface area contributed by atoms with Gasteiger partial charge in [-0.2, -0.15) is 0 Å². The number of carbonyl (C=O) groups excluding carboxylic acids is 2. The van der Waals surface area contributed by atoms with Crippen LogP contribution < -0.4 is 0 Å². The SMILES string of the molecule is CC(=O)OC[C@H](C)CCC1=C(C)[C@H]2[C@H](C[C@H]3[C@@H]4CC[C@H]5C[C@H](OC(=O)c6ccccc6)CC[C@]5(C)[C@H]4CC[C@@]32C)O1. The summed E-state index contributed by atoms with van der Waals surface area (Å²) in [6.45, 7) is 11.6. The molecule has 0 N–H and O–H groups in total. The first-order chi connectivity index (χ1) is 19.6. The first-order valence-corrected chi connectivity index (χ1v) is 16.4. The molecule has 5 heteroatoms. The quantitative estimate of drug-likeness (QED) is 0.314. The highest BCUT2D eigenvalue weighted by atomic mass is 16.5.